The predicted molar refractivity (Wildman–Crippen MR) is 65.1 cm³/mol. The number of hydrogen-bond donors (Lipinski definition) is 1. The molecule has 2 fully saturated rings. The van der Waals surface area contributed by atoms with Crippen molar-refractivity contribution in [2.75, 3.05) is 0 Å². The van der Waals surface area contributed by atoms with Crippen LogP contribution in [0.2, 0.25) is 0 Å². The van der Waals surface area contributed by atoms with Gasteiger partial charge in [-0.2, -0.15) is 0 Å². The number of hydrogen-bond acceptors (Lipinski definition) is 4. The van der Waals surface area contributed by atoms with E-state index in [4.69, 9.17) is 4.74 Å². The van der Waals surface area contributed by atoms with Crippen LogP contribution in [0.15, 0.2) is 0 Å². The van der Waals surface area contributed by atoms with Crippen LogP contribution in [0.3, 0.4) is 0 Å². The molecule has 2 aliphatic heterocycles. The smallest absolute Gasteiger partial charge is 0.410 e. The lowest BCUT2D eigenvalue weighted by Gasteiger charge is -2.46. The summed E-state index contributed by atoms with van der Waals surface area (Å²) < 4.78 is 5.38. The number of ether oxygens (including phenoxy) is 1. The van der Waals surface area contributed by atoms with Gasteiger partial charge in [0.1, 0.15) is 11.4 Å². The third-order valence-electron chi connectivity index (χ3n) is 3.41. The van der Waals surface area contributed by atoms with E-state index in [1.54, 1.807) is 4.90 Å². The van der Waals surface area contributed by atoms with Gasteiger partial charge >= 0.3 is 6.09 Å². The second kappa shape index (κ2) is 4.53. The van der Waals surface area contributed by atoms with E-state index in [-0.39, 0.29) is 24.0 Å². The number of carbonyl (C=O) groups excluding carboxylic acids is 2. The monoisotopic (exact) mass is 255 g/mol. The number of ketones is 1. The molecule has 2 saturated heterocycles. The Morgan fingerprint density at radius 2 is 1.78 bits per heavy atom. The fourth-order valence-electron chi connectivity index (χ4n) is 2.83. The Bertz CT molecular complexity index is 342. The van der Waals surface area contributed by atoms with Gasteiger partial charge in [-0.1, -0.05) is 0 Å². The summed E-state index contributed by atoms with van der Waals surface area (Å²) in [6.07, 6.45) is 0.853. The summed E-state index contributed by atoms with van der Waals surface area (Å²) in [5.41, 5.74) is -0.536. The molecule has 0 radical (unpaired) electrons. The third kappa shape index (κ3) is 2.83. The lowest BCUT2D eigenvalue weighted by atomic mass is 9.82. The van der Waals surface area contributed by atoms with Crippen molar-refractivity contribution in [3.8, 4) is 0 Å². The van der Waals surface area contributed by atoms with E-state index in [1.807, 2.05) is 20.8 Å². The topological polar surface area (TPSA) is 66.8 Å². The number of piperidine rings is 2. The number of Topliss-reactive ketones (excluding diaryl/α,β-unsaturated/α-hetero) is 1. The van der Waals surface area contributed by atoms with Crippen molar-refractivity contribution in [1.82, 2.24) is 4.90 Å². The quantitative estimate of drug-likeness (QED) is 0.712. The Labute approximate surface area is 107 Å². The van der Waals surface area contributed by atoms with Crippen molar-refractivity contribution in [1.29, 1.82) is 0 Å². The van der Waals surface area contributed by atoms with Gasteiger partial charge in [-0.15, -0.1) is 0 Å². The minimum Gasteiger partial charge on any atom is -0.444 e. The van der Waals surface area contributed by atoms with Crippen LogP contribution in [0.5, 0.6) is 0 Å². The zero-order valence-electron chi connectivity index (χ0n) is 11.2. The lowest BCUT2D eigenvalue weighted by molar-refractivity contribution is -0.128. The minimum absolute atomic E-state index is 0.178. The highest BCUT2D eigenvalue weighted by molar-refractivity contribution is 5.83. The Morgan fingerprint density at radius 1 is 1.28 bits per heavy atom. The maximum Gasteiger partial charge on any atom is 0.410 e. The first-order valence-electron chi connectivity index (χ1n) is 6.47. The molecule has 1 N–H and O–H groups in total. The molecular weight excluding hydrogens is 234 g/mol. The van der Waals surface area contributed by atoms with E-state index < -0.39 is 11.7 Å². The van der Waals surface area contributed by atoms with Crippen molar-refractivity contribution in [3.05, 3.63) is 0 Å². The van der Waals surface area contributed by atoms with Gasteiger partial charge in [-0.05, 0) is 33.6 Å². The Kier molecular flexibility index (Phi) is 3.36. The summed E-state index contributed by atoms with van der Waals surface area (Å²) in [4.78, 5) is 25.4. The largest absolute Gasteiger partial charge is 0.444 e. The Morgan fingerprint density at radius 3 is 2.22 bits per heavy atom. The van der Waals surface area contributed by atoms with Crippen LogP contribution >= 0.6 is 0 Å². The van der Waals surface area contributed by atoms with Crippen molar-refractivity contribution in [2.45, 2.75) is 70.2 Å². The van der Waals surface area contributed by atoms with Crippen LogP contribution in [0.1, 0.15) is 46.5 Å². The normalized spacial score (nSPS) is 32.3. The zero-order valence-corrected chi connectivity index (χ0v) is 11.2. The first-order chi connectivity index (χ1) is 8.26. The maximum absolute atomic E-state index is 12.2. The first kappa shape index (κ1) is 13.3. The number of rotatable bonds is 0. The maximum atomic E-state index is 12.2. The van der Waals surface area contributed by atoms with E-state index in [0.29, 0.717) is 25.7 Å². The van der Waals surface area contributed by atoms with E-state index in [0.717, 1.165) is 0 Å². The molecule has 0 aromatic carbocycles. The molecule has 5 heteroatoms. The highest BCUT2D eigenvalue weighted by Gasteiger charge is 2.44. The second-order valence-electron chi connectivity index (χ2n) is 6.27. The summed E-state index contributed by atoms with van der Waals surface area (Å²) in [6, 6.07) is -0.398. The molecule has 2 bridgehead atoms. The average Bonchev–Trinajstić information content (AvgIpc) is 2.11. The van der Waals surface area contributed by atoms with Crippen molar-refractivity contribution in [3.63, 3.8) is 0 Å². The molecule has 3 atom stereocenters. The van der Waals surface area contributed by atoms with Gasteiger partial charge in [0.2, 0.25) is 0 Å². The number of nitrogens with zero attached hydrogens (tertiary/aromatic N) is 1. The molecule has 1 amide bonds. The van der Waals surface area contributed by atoms with Gasteiger partial charge in [0, 0.05) is 24.9 Å². The van der Waals surface area contributed by atoms with Crippen LogP contribution in [0.4, 0.5) is 4.79 Å². The van der Waals surface area contributed by atoms with E-state index in [2.05, 4.69) is 0 Å². The molecule has 1 unspecified atom stereocenters. The van der Waals surface area contributed by atoms with Crippen LogP contribution in [0, 0.1) is 0 Å². The molecule has 0 saturated carbocycles. The highest BCUT2D eigenvalue weighted by Crippen LogP contribution is 2.33. The van der Waals surface area contributed by atoms with Crippen molar-refractivity contribution >= 4 is 11.9 Å². The first-order valence-corrected chi connectivity index (χ1v) is 6.47. The van der Waals surface area contributed by atoms with Gasteiger partial charge in [0.05, 0.1) is 6.10 Å². The van der Waals surface area contributed by atoms with E-state index >= 15 is 0 Å². The number of amides is 1. The number of carbonyl (C=O) groups is 2. The average molecular weight is 255 g/mol. The number of fused-ring (bicyclic) bond motifs is 2. The summed E-state index contributed by atoms with van der Waals surface area (Å²) in [5.74, 6) is 0.178. The van der Waals surface area contributed by atoms with Crippen molar-refractivity contribution < 1.29 is 19.4 Å². The van der Waals surface area contributed by atoms with Crippen LogP contribution in [0.25, 0.3) is 0 Å². The molecule has 0 aromatic rings. The summed E-state index contributed by atoms with van der Waals surface area (Å²) >= 11 is 0. The van der Waals surface area contributed by atoms with Crippen LogP contribution < -0.4 is 0 Å². The van der Waals surface area contributed by atoms with Crippen LogP contribution in [-0.4, -0.2) is 45.7 Å². The molecule has 2 aliphatic rings. The van der Waals surface area contributed by atoms with Gasteiger partial charge in [0.15, 0.2) is 0 Å². The third-order valence-corrected chi connectivity index (χ3v) is 3.41. The van der Waals surface area contributed by atoms with Crippen molar-refractivity contribution in [2.24, 2.45) is 0 Å². The minimum atomic E-state index is -0.536. The van der Waals surface area contributed by atoms with Gasteiger partial charge in [0.25, 0.3) is 0 Å². The molecule has 0 spiro atoms. The van der Waals surface area contributed by atoms with Crippen LogP contribution in [-0.2, 0) is 9.53 Å². The Hall–Kier alpha value is -1.10. The number of aliphatic hydroxyl groups is 1. The molecule has 0 aromatic heterocycles. The van der Waals surface area contributed by atoms with E-state index in [9.17, 15) is 14.7 Å². The van der Waals surface area contributed by atoms with Gasteiger partial charge in [-0.3, -0.25) is 4.79 Å². The molecule has 18 heavy (non-hydrogen) atoms. The molecular formula is C13H21NO4. The summed E-state index contributed by atoms with van der Waals surface area (Å²) in [6.45, 7) is 5.47. The number of aliphatic hydroxyl groups excluding tert-OH is 1. The standard InChI is InChI=1S/C13H21NO4/c1-13(2,3)18-12(17)14-8-4-10(15)6-9(14)7-11(16)5-8/h8-10,15H,4-7H2,1-3H3/t8-,9+,10?. The van der Waals surface area contributed by atoms with E-state index in [1.165, 1.54) is 0 Å². The second-order valence-corrected chi connectivity index (χ2v) is 6.27. The fourth-order valence-corrected chi connectivity index (χ4v) is 2.83. The summed E-state index contributed by atoms with van der Waals surface area (Å²) in [5, 5.41) is 9.74. The fraction of sp³-hybridized carbons (Fsp3) is 0.846. The molecule has 2 rings (SSSR count). The summed E-state index contributed by atoms with van der Waals surface area (Å²) in [7, 11) is 0. The lowest BCUT2D eigenvalue weighted by Crippen LogP contribution is -2.58. The SMILES string of the molecule is CC(C)(C)OC(=O)N1[C@@H]2CC(=O)C[C@H]1CC(O)C2. The van der Waals surface area contributed by atoms with Gasteiger partial charge in [-0.25, -0.2) is 4.79 Å². The molecule has 5 nitrogen and oxygen atoms in total. The molecule has 102 valence electrons. The predicted octanol–water partition coefficient (Wildman–Crippen LogP) is 1.48. The Balaban J connectivity index is 2.12. The zero-order chi connectivity index (χ0) is 13.5. The molecule has 0 aliphatic carbocycles. The molecule has 2 heterocycles. The highest BCUT2D eigenvalue weighted by atomic mass is 16.6. The van der Waals surface area contributed by atoms with Gasteiger partial charge < -0.3 is 14.7 Å².